The van der Waals surface area contributed by atoms with Gasteiger partial charge in [0.15, 0.2) is 5.60 Å². The van der Waals surface area contributed by atoms with Crippen molar-refractivity contribution in [1.29, 1.82) is 0 Å². The molecule has 0 aliphatic carbocycles. The van der Waals surface area contributed by atoms with Gasteiger partial charge < -0.3 is 23.3 Å². The Morgan fingerprint density at radius 2 is 1.74 bits per heavy atom. The van der Waals surface area contributed by atoms with Crippen LogP contribution in [0.5, 0.6) is 0 Å². The highest BCUT2D eigenvalue weighted by atomic mass is 35.6. The number of ether oxygens (including phenoxy) is 3. The molecule has 0 unspecified atom stereocenters. The van der Waals surface area contributed by atoms with Gasteiger partial charge in [0.25, 0.3) is 0 Å². The van der Waals surface area contributed by atoms with Crippen LogP contribution in [0.25, 0.3) is 0 Å². The molecule has 0 radical (unpaired) electrons. The highest BCUT2D eigenvalue weighted by molar-refractivity contribution is 7.42. The van der Waals surface area contributed by atoms with Crippen molar-refractivity contribution in [3.63, 3.8) is 0 Å². The molecule has 0 spiro atoms. The second-order valence-electron chi connectivity index (χ2n) is 7.00. The minimum Gasteiger partial charge on any atom is -0.338 e. The number of alkyl halides is 3. The Balaban J connectivity index is 1.77. The Morgan fingerprint density at radius 3 is 2.39 bits per heavy atom. The minimum absolute atomic E-state index is 0.0806. The van der Waals surface area contributed by atoms with Crippen LogP contribution in [-0.4, -0.2) is 45.4 Å². The van der Waals surface area contributed by atoms with E-state index in [1.165, 1.54) is 0 Å². The van der Waals surface area contributed by atoms with Crippen LogP contribution in [0.1, 0.15) is 34.1 Å². The van der Waals surface area contributed by atoms with E-state index in [9.17, 15) is 0 Å². The molecule has 4 aliphatic heterocycles. The summed E-state index contributed by atoms with van der Waals surface area (Å²) in [5.74, 6) is -1.13. The van der Waals surface area contributed by atoms with Crippen LogP contribution in [-0.2, 0) is 27.8 Å². The van der Waals surface area contributed by atoms with E-state index in [1.54, 1.807) is 6.92 Å². The molecule has 10 heteroatoms. The van der Waals surface area contributed by atoms with Gasteiger partial charge in [-0.2, -0.15) is 0 Å². The lowest BCUT2D eigenvalue weighted by atomic mass is 9.72. The second kappa shape index (κ2) is 4.86. The van der Waals surface area contributed by atoms with E-state index in [-0.39, 0.29) is 6.10 Å². The van der Waals surface area contributed by atoms with Crippen molar-refractivity contribution in [2.24, 2.45) is 0 Å². The molecule has 0 saturated carbocycles. The van der Waals surface area contributed by atoms with Crippen molar-refractivity contribution >= 4 is 43.4 Å². The van der Waals surface area contributed by atoms with E-state index in [1.807, 2.05) is 20.8 Å². The lowest BCUT2D eigenvalue weighted by molar-refractivity contribution is -0.256. The monoisotopic (exact) mass is 406 g/mol. The normalized spacial score (nSPS) is 58.8. The van der Waals surface area contributed by atoms with Crippen molar-refractivity contribution < 1.29 is 27.8 Å². The molecule has 4 aliphatic rings. The summed E-state index contributed by atoms with van der Waals surface area (Å²) in [6.07, 6.45) is -0.552. The molecule has 4 saturated heterocycles. The van der Waals surface area contributed by atoms with Crippen LogP contribution < -0.4 is 0 Å². The Bertz CT molecular complexity index is 548. The number of halogens is 3. The first-order valence-corrected chi connectivity index (χ1v) is 9.57. The van der Waals surface area contributed by atoms with Gasteiger partial charge in [-0.15, -0.1) is 0 Å². The summed E-state index contributed by atoms with van der Waals surface area (Å²) < 4.78 is 34.2. The molecular formula is C13H18Cl3O6P. The third-order valence-corrected chi connectivity index (χ3v) is 7.50. The van der Waals surface area contributed by atoms with Crippen molar-refractivity contribution in [1.82, 2.24) is 0 Å². The number of rotatable bonds is 0. The van der Waals surface area contributed by atoms with Crippen LogP contribution in [0, 0.1) is 0 Å². The van der Waals surface area contributed by atoms with Crippen LogP contribution in [0.3, 0.4) is 0 Å². The Labute approximate surface area is 150 Å². The van der Waals surface area contributed by atoms with Gasteiger partial charge in [0.1, 0.15) is 11.2 Å². The Morgan fingerprint density at radius 1 is 1.04 bits per heavy atom. The Hall–Kier alpha value is 1.06. The molecular weight excluding hydrogens is 389 g/mol. The quantitative estimate of drug-likeness (QED) is 0.449. The maximum absolute atomic E-state index is 6.36. The fourth-order valence-corrected chi connectivity index (χ4v) is 5.72. The smallest absolute Gasteiger partial charge is 0.333 e. The molecule has 2 bridgehead atoms. The van der Waals surface area contributed by atoms with E-state index >= 15 is 0 Å². The Kier molecular flexibility index (Phi) is 3.69. The lowest BCUT2D eigenvalue weighted by Gasteiger charge is -2.45. The fourth-order valence-electron chi connectivity index (χ4n) is 3.97. The summed E-state index contributed by atoms with van der Waals surface area (Å²) in [5, 5.41) is 0. The maximum Gasteiger partial charge on any atom is 0.333 e. The molecule has 0 aromatic rings. The van der Waals surface area contributed by atoms with Crippen molar-refractivity contribution in [2.45, 2.75) is 72.9 Å². The lowest BCUT2D eigenvalue weighted by Crippen LogP contribution is -2.62. The first kappa shape index (κ1) is 17.5. The van der Waals surface area contributed by atoms with E-state index in [2.05, 4.69) is 0 Å². The third kappa shape index (κ3) is 2.14. The second-order valence-corrected chi connectivity index (χ2v) is 10.5. The molecule has 7 atom stereocenters. The molecule has 6 nitrogen and oxygen atoms in total. The predicted molar refractivity (Wildman–Crippen MR) is 84.4 cm³/mol. The zero-order valence-corrected chi connectivity index (χ0v) is 16.3. The molecule has 4 fully saturated rings. The largest absolute Gasteiger partial charge is 0.338 e. The summed E-state index contributed by atoms with van der Waals surface area (Å²) in [4.78, 5) is 0. The number of hydrogen-bond donors (Lipinski definition) is 0. The van der Waals surface area contributed by atoms with E-state index in [4.69, 9.17) is 62.6 Å². The molecule has 23 heavy (non-hydrogen) atoms. The first-order chi connectivity index (χ1) is 10.4. The SMILES string of the molecule is C[C@]12O[C@@H](C(Cl)(Cl)Cl)O[C@@]1(C)[C@@]1(C)O[P@]3OC[C@@H](C[C@@]1(C)O2)O3. The van der Waals surface area contributed by atoms with Gasteiger partial charge in [-0.1, -0.05) is 34.8 Å². The molecule has 0 N–H and O–H groups in total. The van der Waals surface area contributed by atoms with Gasteiger partial charge in [-0.25, -0.2) is 0 Å². The summed E-state index contributed by atoms with van der Waals surface area (Å²) in [6.45, 7) is 8.02. The van der Waals surface area contributed by atoms with Crippen LogP contribution >= 0.6 is 43.4 Å². The zero-order valence-electron chi connectivity index (χ0n) is 13.1. The maximum atomic E-state index is 6.36. The zero-order chi connectivity index (χ0) is 16.9. The predicted octanol–water partition coefficient (Wildman–Crippen LogP) is 3.81. The molecule has 4 heterocycles. The highest BCUT2D eigenvalue weighted by Crippen LogP contribution is 2.69. The average molecular weight is 408 g/mol. The average Bonchev–Trinajstić information content (AvgIpc) is 2.92. The van der Waals surface area contributed by atoms with Gasteiger partial charge in [0, 0.05) is 6.42 Å². The van der Waals surface area contributed by atoms with Crippen molar-refractivity contribution in [2.75, 3.05) is 6.61 Å². The molecule has 0 amide bonds. The number of fused-ring (bicyclic) bond motifs is 5. The molecule has 4 rings (SSSR count). The molecule has 0 aromatic heterocycles. The first-order valence-electron chi connectivity index (χ1n) is 7.34. The summed E-state index contributed by atoms with van der Waals surface area (Å²) >= 11 is 17.9. The summed E-state index contributed by atoms with van der Waals surface area (Å²) in [7, 11) is -1.47. The standard InChI is InChI=1S/C13H18Cl3O6P/c1-9-5-7-6-17-23(20-7)22-10(9,2)11(3)12(4,21-9)19-8(18-11)13(14,15)16/h7-8H,5-6H2,1-4H3/t7-,8+,9-,10+,11+,12-,23-/m1/s1. The highest BCUT2D eigenvalue weighted by Gasteiger charge is 2.81. The van der Waals surface area contributed by atoms with Gasteiger partial charge in [0.05, 0.1) is 12.7 Å². The summed E-state index contributed by atoms with van der Waals surface area (Å²) in [6, 6.07) is 0. The van der Waals surface area contributed by atoms with Crippen molar-refractivity contribution in [3.05, 3.63) is 0 Å². The number of hydrogen-bond acceptors (Lipinski definition) is 6. The van der Waals surface area contributed by atoms with Gasteiger partial charge in [-0.3, -0.25) is 4.52 Å². The van der Waals surface area contributed by atoms with Crippen LogP contribution in [0.2, 0.25) is 0 Å². The third-order valence-electron chi connectivity index (χ3n) is 5.62. The van der Waals surface area contributed by atoms with Gasteiger partial charge >= 0.3 is 8.60 Å². The van der Waals surface area contributed by atoms with Crippen LogP contribution in [0.15, 0.2) is 0 Å². The van der Waals surface area contributed by atoms with Gasteiger partial charge in [-0.05, 0) is 27.7 Å². The van der Waals surface area contributed by atoms with E-state index < -0.39 is 41.3 Å². The topological polar surface area (TPSA) is 55.4 Å². The van der Waals surface area contributed by atoms with E-state index in [0.717, 1.165) is 0 Å². The summed E-state index contributed by atoms with van der Waals surface area (Å²) in [5.41, 5.74) is -2.61. The molecule has 0 aromatic carbocycles. The van der Waals surface area contributed by atoms with Crippen LogP contribution in [0.4, 0.5) is 0 Å². The molecule has 132 valence electrons. The van der Waals surface area contributed by atoms with Gasteiger partial charge in [0.2, 0.25) is 15.9 Å². The fraction of sp³-hybridized carbons (Fsp3) is 1.00. The van der Waals surface area contributed by atoms with E-state index in [0.29, 0.717) is 13.0 Å². The minimum atomic E-state index is -1.74. The van der Waals surface area contributed by atoms with Crippen molar-refractivity contribution in [3.8, 4) is 0 Å².